The van der Waals surface area contributed by atoms with E-state index in [0.717, 1.165) is 31.7 Å². The van der Waals surface area contributed by atoms with Crippen molar-refractivity contribution in [3.63, 3.8) is 0 Å². The predicted octanol–water partition coefficient (Wildman–Crippen LogP) is 3.18. The molecule has 1 aromatic heterocycles. The van der Waals surface area contributed by atoms with Gasteiger partial charge in [-0.15, -0.1) is 11.3 Å². The average Bonchev–Trinajstić information content (AvgIpc) is 2.74. The Hall–Kier alpha value is -0.450. The molecule has 2 unspecified atom stereocenters. The van der Waals surface area contributed by atoms with Gasteiger partial charge in [0.25, 0.3) is 0 Å². The van der Waals surface area contributed by atoms with E-state index < -0.39 is 0 Å². The first-order valence-electron chi connectivity index (χ1n) is 6.84. The fourth-order valence-corrected chi connectivity index (χ4v) is 3.02. The van der Waals surface area contributed by atoms with Gasteiger partial charge in [0.05, 0.1) is 10.6 Å². The molecule has 1 rings (SSSR count). The molecule has 4 heteroatoms. The molecule has 2 atom stereocenters. The summed E-state index contributed by atoms with van der Waals surface area (Å²) in [5.74, 6) is 0. The Balaban J connectivity index is 2.80. The summed E-state index contributed by atoms with van der Waals surface area (Å²) in [6, 6.07) is 0.318. The summed E-state index contributed by atoms with van der Waals surface area (Å²) >= 11 is 1.74. The number of likely N-dealkylation sites (N-methyl/N-ethyl adjacent to an activating group) is 1. The van der Waals surface area contributed by atoms with Crippen molar-refractivity contribution in [1.29, 1.82) is 0 Å². The molecule has 104 valence electrons. The Kier molecular flexibility index (Phi) is 6.26. The smallest absolute Gasteiger partial charge is 0.0944 e. The lowest BCUT2D eigenvalue weighted by atomic mass is 9.90. The Morgan fingerprint density at radius 2 is 2.17 bits per heavy atom. The van der Waals surface area contributed by atoms with E-state index in [1.54, 1.807) is 11.3 Å². The number of thiazole rings is 1. The van der Waals surface area contributed by atoms with Crippen molar-refractivity contribution in [2.24, 2.45) is 0 Å². The van der Waals surface area contributed by atoms with Gasteiger partial charge in [-0.3, -0.25) is 0 Å². The van der Waals surface area contributed by atoms with Crippen molar-refractivity contribution in [3.8, 4) is 0 Å². The van der Waals surface area contributed by atoms with Crippen LogP contribution in [-0.4, -0.2) is 29.8 Å². The third-order valence-electron chi connectivity index (χ3n) is 3.41. The van der Waals surface area contributed by atoms with Gasteiger partial charge >= 0.3 is 0 Å². The van der Waals surface area contributed by atoms with Crippen molar-refractivity contribution in [2.75, 3.05) is 13.2 Å². The zero-order valence-electron chi connectivity index (χ0n) is 12.2. The minimum absolute atomic E-state index is 0.121. The summed E-state index contributed by atoms with van der Waals surface area (Å²) < 4.78 is 5.99. The van der Waals surface area contributed by atoms with Gasteiger partial charge in [0.2, 0.25) is 0 Å². The molecule has 0 saturated heterocycles. The topological polar surface area (TPSA) is 34.2 Å². The number of nitrogens with zero attached hydrogens (tertiary/aromatic N) is 1. The van der Waals surface area contributed by atoms with Crippen molar-refractivity contribution in [3.05, 3.63) is 16.1 Å². The van der Waals surface area contributed by atoms with Crippen molar-refractivity contribution in [1.82, 2.24) is 10.3 Å². The third-order valence-corrected chi connectivity index (χ3v) is 4.40. The highest BCUT2D eigenvalue weighted by Gasteiger charge is 2.33. The Labute approximate surface area is 115 Å². The van der Waals surface area contributed by atoms with Gasteiger partial charge in [-0.2, -0.15) is 0 Å². The van der Waals surface area contributed by atoms with Gasteiger partial charge < -0.3 is 10.1 Å². The summed E-state index contributed by atoms with van der Waals surface area (Å²) in [7, 11) is 0. The van der Waals surface area contributed by atoms with Gasteiger partial charge in [0.15, 0.2) is 0 Å². The fraction of sp³-hybridized carbons (Fsp3) is 0.786. The van der Waals surface area contributed by atoms with Crippen LogP contribution in [0.1, 0.15) is 44.8 Å². The fourth-order valence-electron chi connectivity index (χ4n) is 2.20. The van der Waals surface area contributed by atoms with Gasteiger partial charge in [-0.25, -0.2) is 4.98 Å². The summed E-state index contributed by atoms with van der Waals surface area (Å²) in [4.78, 5) is 4.56. The lowest BCUT2D eigenvalue weighted by Gasteiger charge is -2.37. The minimum atomic E-state index is -0.121. The van der Waals surface area contributed by atoms with Crippen LogP contribution in [0.25, 0.3) is 0 Å². The molecule has 0 aliphatic heterocycles. The Morgan fingerprint density at radius 1 is 1.44 bits per heavy atom. The molecule has 0 fully saturated rings. The highest BCUT2D eigenvalue weighted by molar-refractivity contribution is 7.09. The first-order chi connectivity index (χ1) is 8.55. The highest BCUT2D eigenvalue weighted by atomic mass is 32.1. The molecule has 0 aliphatic carbocycles. The minimum Gasteiger partial charge on any atom is -0.374 e. The van der Waals surface area contributed by atoms with E-state index in [1.807, 2.05) is 6.92 Å². The molecule has 0 spiro atoms. The highest BCUT2D eigenvalue weighted by Crippen LogP contribution is 2.24. The number of hydrogen-bond donors (Lipinski definition) is 1. The van der Waals surface area contributed by atoms with E-state index in [0.29, 0.717) is 6.04 Å². The molecular weight excluding hydrogens is 244 g/mol. The molecule has 3 nitrogen and oxygen atoms in total. The third kappa shape index (κ3) is 4.04. The van der Waals surface area contributed by atoms with Crippen LogP contribution in [-0.2, 0) is 11.2 Å². The molecule has 1 N–H and O–H groups in total. The SMILES string of the molecule is CCNC(Cc1nc(C)cs1)C(C)(CC)OCC. The second kappa shape index (κ2) is 7.22. The van der Waals surface area contributed by atoms with Crippen molar-refractivity contribution < 1.29 is 4.74 Å². The Bertz CT molecular complexity index is 353. The number of aromatic nitrogens is 1. The van der Waals surface area contributed by atoms with Crippen LogP contribution < -0.4 is 5.32 Å². The van der Waals surface area contributed by atoms with Gasteiger partial charge in [-0.1, -0.05) is 13.8 Å². The van der Waals surface area contributed by atoms with Gasteiger partial charge in [-0.05, 0) is 33.7 Å². The number of hydrogen-bond acceptors (Lipinski definition) is 4. The molecule has 1 aromatic rings. The summed E-state index contributed by atoms with van der Waals surface area (Å²) in [5, 5.41) is 6.86. The molecule has 0 amide bonds. The van der Waals surface area contributed by atoms with Crippen LogP contribution in [0.3, 0.4) is 0 Å². The van der Waals surface area contributed by atoms with E-state index >= 15 is 0 Å². The van der Waals surface area contributed by atoms with Crippen LogP contribution >= 0.6 is 11.3 Å². The van der Waals surface area contributed by atoms with Gasteiger partial charge in [0.1, 0.15) is 0 Å². The lowest BCUT2D eigenvalue weighted by molar-refractivity contribution is -0.0547. The zero-order valence-corrected chi connectivity index (χ0v) is 13.1. The molecule has 18 heavy (non-hydrogen) atoms. The maximum Gasteiger partial charge on any atom is 0.0944 e. The van der Waals surface area contributed by atoms with Crippen molar-refractivity contribution >= 4 is 11.3 Å². The molecule has 0 bridgehead atoms. The van der Waals surface area contributed by atoms with Crippen LogP contribution in [0.4, 0.5) is 0 Å². The van der Waals surface area contributed by atoms with E-state index in [-0.39, 0.29) is 5.60 Å². The van der Waals surface area contributed by atoms with Crippen LogP contribution in [0.5, 0.6) is 0 Å². The van der Waals surface area contributed by atoms with E-state index in [9.17, 15) is 0 Å². The number of ether oxygens (including phenoxy) is 1. The standard InChI is InChI=1S/C14H26N2OS/c1-6-14(5,17-8-3)12(15-7-2)9-13-16-11(4)10-18-13/h10,12,15H,6-9H2,1-5H3. The molecule has 0 aromatic carbocycles. The summed E-state index contributed by atoms with van der Waals surface area (Å²) in [6.45, 7) is 12.3. The summed E-state index contributed by atoms with van der Waals surface area (Å²) in [6.07, 6.45) is 1.94. The molecule has 0 saturated carbocycles. The second-order valence-corrected chi connectivity index (χ2v) is 5.74. The van der Waals surface area contributed by atoms with Crippen LogP contribution in [0, 0.1) is 6.92 Å². The normalized spacial score (nSPS) is 16.5. The van der Waals surface area contributed by atoms with E-state index in [4.69, 9.17) is 4.74 Å². The average molecular weight is 270 g/mol. The molecule has 1 heterocycles. The first-order valence-corrected chi connectivity index (χ1v) is 7.72. The number of rotatable bonds is 8. The van der Waals surface area contributed by atoms with E-state index in [1.165, 1.54) is 5.01 Å². The largest absolute Gasteiger partial charge is 0.374 e. The van der Waals surface area contributed by atoms with E-state index in [2.05, 4.69) is 43.4 Å². The maximum atomic E-state index is 5.99. The van der Waals surface area contributed by atoms with Crippen LogP contribution in [0.2, 0.25) is 0 Å². The predicted molar refractivity (Wildman–Crippen MR) is 78.3 cm³/mol. The molecular formula is C14H26N2OS. The molecule has 0 radical (unpaired) electrons. The number of aryl methyl sites for hydroxylation is 1. The Morgan fingerprint density at radius 3 is 2.61 bits per heavy atom. The van der Waals surface area contributed by atoms with Gasteiger partial charge in [0, 0.05) is 30.1 Å². The quantitative estimate of drug-likeness (QED) is 0.788. The number of nitrogens with one attached hydrogen (secondary N) is 1. The zero-order chi connectivity index (χ0) is 13.6. The summed E-state index contributed by atoms with van der Waals surface area (Å²) in [5.41, 5.74) is 0.990. The lowest BCUT2D eigenvalue weighted by Crippen LogP contribution is -2.51. The monoisotopic (exact) mass is 270 g/mol. The maximum absolute atomic E-state index is 5.99. The van der Waals surface area contributed by atoms with Crippen LogP contribution in [0.15, 0.2) is 5.38 Å². The van der Waals surface area contributed by atoms with Crippen molar-refractivity contribution in [2.45, 2.75) is 59.1 Å². The first kappa shape index (κ1) is 15.6. The molecule has 0 aliphatic rings. The second-order valence-electron chi connectivity index (χ2n) is 4.80.